The predicted octanol–water partition coefficient (Wildman–Crippen LogP) is 1.90. The summed E-state index contributed by atoms with van der Waals surface area (Å²) in [7, 11) is 1.97. The van der Waals surface area contributed by atoms with Gasteiger partial charge in [0.1, 0.15) is 0 Å². The van der Waals surface area contributed by atoms with Gasteiger partial charge in [0.15, 0.2) is 0 Å². The Bertz CT molecular complexity index is 83.3. The summed E-state index contributed by atoms with van der Waals surface area (Å²) < 4.78 is 0. The first kappa shape index (κ1) is 10.0. The topological polar surface area (TPSA) is 12.0 Å². The maximum atomic E-state index is 3.73. The molecule has 0 aromatic carbocycles. The lowest BCUT2D eigenvalue weighted by Gasteiger charge is -2.09. The van der Waals surface area contributed by atoms with Crippen LogP contribution in [0.25, 0.3) is 0 Å². The third-order valence-corrected chi connectivity index (χ3v) is 2.59. The molecule has 1 nitrogen and oxygen atoms in total. The van der Waals surface area contributed by atoms with E-state index >= 15 is 0 Å². The highest BCUT2D eigenvalue weighted by molar-refractivity contribution is 7.99. The summed E-state index contributed by atoms with van der Waals surface area (Å²) in [4.78, 5) is 0. The minimum Gasteiger partial charge on any atom is -0.313 e. The van der Waals surface area contributed by atoms with E-state index in [9.17, 15) is 0 Å². The van der Waals surface area contributed by atoms with E-state index in [1.54, 1.807) is 0 Å². The van der Waals surface area contributed by atoms with Crippen LogP contribution in [0, 0.1) is 0 Å². The maximum absolute atomic E-state index is 3.73. The molecular formula is C8H17NS. The zero-order valence-electron chi connectivity index (χ0n) is 6.89. The van der Waals surface area contributed by atoms with Crippen LogP contribution in [-0.2, 0) is 0 Å². The second-order valence-electron chi connectivity index (χ2n) is 2.21. The van der Waals surface area contributed by atoms with Crippen LogP contribution in [-0.4, -0.2) is 24.6 Å². The van der Waals surface area contributed by atoms with Crippen molar-refractivity contribution in [3.63, 3.8) is 0 Å². The van der Waals surface area contributed by atoms with Gasteiger partial charge in [0.05, 0.1) is 0 Å². The molecule has 0 bridgehead atoms. The van der Waals surface area contributed by atoms with Gasteiger partial charge in [0.2, 0.25) is 0 Å². The Morgan fingerprint density at radius 1 is 1.70 bits per heavy atom. The molecule has 0 radical (unpaired) electrons. The molecule has 0 aliphatic heterocycles. The number of thioether (sulfide) groups is 1. The molecule has 0 aromatic rings. The zero-order chi connectivity index (χ0) is 7.82. The molecule has 0 fully saturated rings. The Morgan fingerprint density at radius 3 is 2.80 bits per heavy atom. The molecule has 1 N–H and O–H groups in total. The molecule has 0 spiro atoms. The largest absolute Gasteiger partial charge is 0.313 e. The molecule has 2 heteroatoms. The van der Waals surface area contributed by atoms with Crippen LogP contribution in [0.1, 0.15) is 13.3 Å². The standard InChI is InChI=1S/C8H17NS/c1-4-6-10-7-8(5-2)9-3/h5,8-9H,2,4,6-7H2,1,3H3. The summed E-state index contributed by atoms with van der Waals surface area (Å²) in [6.07, 6.45) is 3.22. The fourth-order valence-corrected chi connectivity index (χ4v) is 1.64. The molecule has 0 heterocycles. The molecule has 10 heavy (non-hydrogen) atoms. The van der Waals surface area contributed by atoms with Crippen LogP contribution in [0.5, 0.6) is 0 Å². The van der Waals surface area contributed by atoms with Gasteiger partial charge < -0.3 is 5.32 Å². The van der Waals surface area contributed by atoms with Gasteiger partial charge >= 0.3 is 0 Å². The molecular weight excluding hydrogens is 142 g/mol. The summed E-state index contributed by atoms with van der Waals surface area (Å²) >= 11 is 1.98. The van der Waals surface area contributed by atoms with Crippen LogP contribution in [0.4, 0.5) is 0 Å². The summed E-state index contributed by atoms with van der Waals surface area (Å²) in [5.74, 6) is 2.40. The highest BCUT2D eigenvalue weighted by Gasteiger charge is 1.97. The fraction of sp³-hybridized carbons (Fsp3) is 0.750. The molecule has 0 saturated carbocycles. The molecule has 0 saturated heterocycles. The van der Waals surface area contributed by atoms with Crippen molar-refractivity contribution in [2.75, 3.05) is 18.6 Å². The van der Waals surface area contributed by atoms with E-state index in [1.807, 2.05) is 24.9 Å². The highest BCUT2D eigenvalue weighted by atomic mass is 32.2. The van der Waals surface area contributed by atoms with Gasteiger partial charge in [-0.05, 0) is 19.2 Å². The first-order chi connectivity index (χ1) is 4.85. The van der Waals surface area contributed by atoms with Gasteiger partial charge in [-0.1, -0.05) is 13.0 Å². The minimum absolute atomic E-state index is 0.483. The number of likely N-dealkylation sites (N-methyl/N-ethyl adjacent to an activating group) is 1. The van der Waals surface area contributed by atoms with Crippen LogP contribution < -0.4 is 5.32 Å². The van der Waals surface area contributed by atoms with Gasteiger partial charge in [-0.15, -0.1) is 6.58 Å². The summed E-state index contributed by atoms with van der Waals surface area (Å²) in [6, 6.07) is 0.483. The van der Waals surface area contributed by atoms with Crippen LogP contribution in [0.2, 0.25) is 0 Å². The lowest BCUT2D eigenvalue weighted by Crippen LogP contribution is -2.24. The van der Waals surface area contributed by atoms with E-state index in [0.29, 0.717) is 6.04 Å². The number of nitrogens with one attached hydrogen (secondary N) is 1. The first-order valence-electron chi connectivity index (χ1n) is 3.72. The van der Waals surface area contributed by atoms with Gasteiger partial charge in [0.25, 0.3) is 0 Å². The lowest BCUT2D eigenvalue weighted by molar-refractivity contribution is 0.739. The van der Waals surface area contributed by atoms with Crippen molar-refractivity contribution in [1.82, 2.24) is 5.32 Å². The predicted molar refractivity (Wildman–Crippen MR) is 50.7 cm³/mol. The van der Waals surface area contributed by atoms with Crippen molar-refractivity contribution < 1.29 is 0 Å². The monoisotopic (exact) mass is 159 g/mol. The van der Waals surface area contributed by atoms with Gasteiger partial charge in [0, 0.05) is 11.8 Å². The maximum Gasteiger partial charge on any atom is 0.0335 e. The summed E-state index contributed by atoms with van der Waals surface area (Å²) in [5.41, 5.74) is 0. The number of hydrogen-bond acceptors (Lipinski definition) is 2. The summed E-state index contributed by atoms with van der Waals surface area (Å²) in [6.45, 7) is 5.94. The molecule has 1 unspecified atom stereocenters. The van der Waals surface area contributed by atoms with Gasteiger partial charge in [-0.3, -0.25) is 0 Å². The number of hydrogen-bond donors (Lipinski definition) is 1. The molecule has 60 valence electrons. The quantitative estimate of drug-likeness (QED) is 0.469. The van der Waals surface area contributed by atoms with E-state index in [1.165, 1.54) is 12.2 Å². The Labute approximate surface area is 68.3 Å². The summed E-state index contributed by atoms with van der Waals surface area (Å²) in [5, 5.41) is 3.17. The van der Waals surface area contributed by atoms with Crippen LogP contribution in [0.3, 0.4) is 0 Å². The molecule has 0 amide bonds. The van der Waals surface area contributed by atoms with Gasteiger partial charge in [-0.2, -0.15) is 11.8 Å². The molecule has 0 aromatic heterocycles. The second-order valence-corrected chi connectivity index (χ2v) is 3.36. The smallest absolute Gasteiger partial charge is 0.0335 e. The average molecular weight is 159 g/mol. The highest BCUT2D eigenvalue weighted by Crippen LogP contribution is 2.04. The van der Waals surface area contributed by atoms with Gasteiger partial charge in [-0.25, -0.2) is 0 Å². The Hall–Kier alpha value is 0.0500. The van der Waals surface area contributed by atoms with Crippen LogP contribution in [0.15, 0.2) is 12.7 Å². The van der Waals surface area contributed by atoms with Crippen molar-refractivity contribution >= 4 is 11.8 Å². The van der Waals surface area contributed by atoms with Crippen molar-refractivity contribution in [2.24, 2.45) is 0 Å². The Morgan fingerprint density at radius 2 is 2.40 bits per heavy atom. The van der Waals surface area contributed by atoms with E-state index < -0.39 is 0 Å². The molecule has 0 aliphatic carbocycles. The average Bonchev–Trinajstić information content (AvgIpc) is 1.99. The van der Waals surface area contributed by atoms with E-state index in [4.69, 9.17) is 0 Å². The minimum atomic E-state index is 0.483. The normalized spacial score (nSPS) is 13.0. The van der Waals surface area contributed by atoms with E-state index in [0.717, 1.165) is 5.75 Å². The van der Waals surface area contributed by atoms with Crippen molar-refractivity contribution in [3.05, 3.63) is 12.7 Å². The zero-order valence-corrected chi connectivity index (χ0v) is 7.71. The Balaban J connectivity index is 3.17. The third-order valence-electron chi connectivity index (χ3n) is 1.30. The van der Waals surface area contributed by atoms with Crippen molar-refractivity contribution in [3.8, 4) is 0 Å². The first-order valence-corrected chi connectivity index (χ1v) is 4.88. The lowest BCUT2D eigenvalue weighted by atomic mass is 10.3. The fourth-order valence-electron chi connectivity index (χ4n) is 0.624. The van der Waals surface area contributed by atoms with Crippen LogP contribution >= 0.6 is 11.8 Å². The molecule has 0 aliphatic rings. The molecule has 0 rings (SSSR count). The van der Waals surface area contributed by atoms with E-state index in [-0.39, 0.29) is 0 Å². The molecule has 1 atom stereocenters. The van der Waals surface area contributed by atoms with E-state index in [2.05, 4.69) is 18.8 Å². The second kappa shape index (κ2) is 7.16. The number of rotatable bonds is 6. The Kier molecular flexibility index (Phi) is 7.20. The third kappa shape index (κ3) is 4.89. The van der Waals surface area contributed by atoms with Crippen molar-refractivity contribution in [2.45, 2.75) is 19.4 Å². The van der Waals surface area contributed by atoms with Crippen molar-refractivity contribution in [1.29, 1.82) is 0 Å². The SMILES string of the molecule is C=CC(CSCCC)NC.